The van der Waals surface area contributed by atoms with E-state index in [0.717, 1.165) is 83.1 Å². The second-order valence-electron chi connectivity index (χ2n) is 26.1. The Kier molecular flexibility index (Phi) is 31.1. The fourth-order valence-corrected chi connectivity index (χ4v) is 12.6. The second kappa shape index (κ2) is 37.8. The van der Waals surface area contributed by atoms with E-state index in [2.05, 4.69) is 13.8 Å². The van der Waals surface area contributed by atoms with E-state index in [0.29, 0.717) is 44.1 Å². The van der Waals surface area contributed by atoms with Crippen LogP contribution in [0.5, 0.6) is 0 Å². The minimum Gasteiger partial charge on any atom is -0.456 e. The first kappa shape index (κ1) is 76.5. The minimum absolute atomic E-state index is 0.0441. The number of carbonyl (C=O) groups excluding carboxylic acids is 4. The lowest BCUT2D eigenvalue weighted by atomic mass is 9.95. The van der Waals surface area contributed by atoms with Crippen LogP contribution in [0.15, 0.2) is 36.4 Å². The number of esters is 4. The summed E-state index contributed by atoms with van der Waals surface area (Å²) in [7, 11) is 0. The van der Waals surface area contributed by atoms with Crippen LogP contribution in [0.25, 0.3) is 6.08 Å². The number of benzene rings is 1. The van der Waals surface area contributed by atoms with E-state index in [1.54, 1.807) is 52.0 Å². The van der Waals surface area contributed by atoms with Gasteiger partial charge in [-0.15, -0.1) is 0 Å². The van der Waals surface area contributed by atoms with Crippen molar-refractivity contribution in [2.24, 2.45) is 5.92 Å². The van der Waals surface area contributed by atoms with Gasteiger partial charge in [-0.25, -0.2) is 4.79 Å². The number of aliphatic hydroxyl groups is 7. The molecule has 25 nitrogen and oxygen atoms in total. The van der Waals surface area contributed by atoms with Crippen molar-refractivity contribution in [3.63, 3.8) is 0 Å². The molecule has 1 aromatic rings. The summed E-state index contributed by atoms with van der Waals surface area (Å²) < 4.78 is 89.4. The summed E-state index contributed by atoms with van der Waals surface area (Å²) in [4.78, 5) is 55.7. The summed E-state index contributed by atoms with van der Waals surface area (Å²) in [5, 5.41) is 81.6. The van der Waals surface area contributed by atoms with Crippen LogP contribution in [-0.2, 0) is 85.5 Å². The average Bonchev–Trinajstić information content (AvgIpc) is 0.859. The summed E-state index contributed by atoms with van der Waals surface area (Å²) in [5.74, 6) is -3.64. The molecule has 0 saturated carbocycles. The molecule has 7 N–H and O–H groups in total. The molecule has 6 aliphatic heterocycles. The third kappa shape index (κ3) is 21.3. The van der Waals surface area contributed by atoms with Gasteiger partial charge in [-0.2, -0.15) is 0 Å². The quantitative estimate of drug-likeness (QED) is 0.0284. The Morgan fingerprint density at radius 2 is 1.10 bits per heavy atom. The van der Waals surface area contributed by atoms with Crippen molar-refractivity contribution in [1.29, 1.82) is 0 Å². The van der Waals surface area contributed by atoms with Gasteiger partial charge in [0.05, 0.1) is 42.5 Å². The molecule has 7 rings (SSSR count). The number of unbranched alkanes of at least 4 members (excludes halogenated alkanes) is 6. The van der Waals surface area contributed by atoms with Gasteiger partial charge in [0.15, 0.2) is 55.9 Å². The molecule has 93 heavy (non-hydrogen) atoms. The van der Waals surface area contributed by atoms with Gasteiger partial charge >= 0.3 is 23.9 Å². The van der Waals surface area contributed by atoms with Crippen molar-refractivity contribution in [1.82, 2.24) is 0 Å². The molecule has 6 fully saturated rings. The maximum absolute atomic E-state index is 14.4. The van der Waals surface area contributed by atoms with Crippen LogP contribution in [0.1, 0.15) is 196 Å². The molecular formula is C68H108O25. The van der Waals surface area contributed by atoms with E-state index in [4.69, 9.17) is 66.3 Å². The Hall–Kier alpha value is -3.84. The highest BCUT2D eigenvalue weighted by Gasteiger charge is 2.59. The summed E-state index contributed by atoms with van der Waals surface area (Å²) in [5.41, 5.74) is 0.664. The van der Waals surface area contributed by atoms with Crippen molar-refractivity contribution < 1.29 is 121 Å². The first-order valence-electron chi connectivity index (χ1n) is 34.4. The highest BCUT2D eigenvalue weighted by atomic mass is 16.8. The normalized spacial score (nSPS) is 39.7. The van der Waals surface area contributed by atoms with E-state index in [-0.39, 0.29) is 18.9 Å². The fraction of sp³-hybridized carbons (Fsp3) is 0.824. The Balaban J connectivity index is 1.26. The zero-order valence-corrected chi connectivity index (χ0v) is 55.8. The Bertz CT molecular complexity index is 2420. The zero-order chi connectivity index (χ0) is 67.5. The smallest absolute Gasteiger partial charge is 0.331 e. The summed E-state index contributed by atoms with van der Waals surface area (Å²) >= 11 is 0. The van der Waals surface area contributed by atoms with Gasteiger partial charge in [0.1, 0.15) is 67.1 Å². The van der Waals surface area contributed by atoms with Crippen molar-refractivity contribution >= 4 is 30.0 Å². The van der Waals surface area contributed by atoms with Crippen molar-refractivity contribution in [2.45, 2.75) is 350 Å². The summed E-state index contributed by atoms with van der Waals surface area (Å²) in [6.07, 6.45) is -22.5. The maximum atomic E-state index is 14.4. The minimum atomic E-state index is -1.95. The number of ether oxygens (including phenoxy) is 14. The molecule has 2 bridgehead atoms. The van der Waals surface area contributed by atoms with Crippen LogP contribution in [0.2, 0.25) is 0 Å². The molecule has 0 aromatic heterocycles. The predicted molar refractivity (Wildman–Crippen MR) is 332 cm³/mol. The number of fused-ring (bicyclic) bond motifs is 3. The largest absolute Gasteiger partial charge is 0.456 e. The third-order valence-corrected chi connectivity index (χ3v) is 18.6. The second-order valence-corrected chi connectivity index (χ2v) is 26.1. The van der Waals surface area contributed by atoms with Gasteiger partial charge in [0.2, 0.25) is 0 Å². The van der Waals surface area contributed by atoms with Crippen molar-refractivity contribution in [3.05, 3.63) is 42.0 Å². The monoisotopic (exact) mass is 1320 g/mol. The molecule has 25 heteroatoms. The van der Waals surface area contributed by atoms with Gasteiger partial charge in [-0.1, -0.05) is 141 Å². The standard InChI is InChI=1S/C68H108O25/c1-10-13-15-19-27-34-46(70)88-62-61(93-64-52(76)50(74)48(72)38(5)80-64)57(90-65-53(77)58(55(40(7)82-65)89-63(79)37(4)12-3)87-47(71)36-35-43-29-24-22-25-30-43)42(9)84-68(62)91-56-41(8)83-66-54(78)59(56)86-45(69)33-28-21-18-16-17-20-26-32-44(31-23-14-11-2)85-67-60(92-66)51(75)49(73)39(6)81-67/h22,24-25,29-30,35-42,44,48-62,64-68,72-78H,10-21,23,26-28,31-34H2,1-9H3. The molecule has 0 amide bonds. The van der Waals surface area contributed by atoms with Crippen LogP contribution < -0.4 is 0 Å². The van der Waals surface area contributed by atoms with E-state index in [9.17, 15) is 54.9 Å². The average molecular weight is 1330 g/mol. The molecule has 530 valence electrons. The SMILES string of the molecule is CCCCCCCC(=O)OC1C(OC2C(C)OC3OC4C(OC(CCCCC)CCCCCCCCCC(=O)OC2C3O)OC(C)C(O)C4O)OC(C)C(OC2OC(C)C(OC(=O)C(C)CC)C(OC(=O)C=Cc3ccccc3)C2O)C1OC1OC(C)C(O)C(O)C1O. The lowest BCUT2D eigenvalue weighted by Crippen LogP contribution is -2.68. The van der Waals surface area contributed by atoms with Gasteiger partial charge in [0, 0.05) is 18.9 Å². The molecule has 0 aliphatic carbocycles. The molecule has 6 saturated heterocycles. The predicted octanol–water partition coefficient (Wildman–Crippen LogP) is 6.03. The van der Waals surface area contributed by atoms with Crippen molar-refractivity contribution in [3.8, 4) is 0 Å². The topological polar surface area (TPSA) is 339 Å². The molecule has 0 radical (unpaired) electrons. The molecule has 27 unspecified atom stereocenters. The Morgan fingerprint density at radius 1 is 0.516 bits per heavy atom. The molecule has 6 heterocycles. The highest BCUT2D eigenvalue weighted by Crippen LogP contribution is 2.40. The highest BCUT2D eigenvalue weighted by molar-refractivity contribution is 5.87. The summed E-state index contributed by atoms with van der Waals surface area (Å²) in [6, 6.07) is 8.89. The Labute approximate surface area is 547 Å². The summed E-state index contributed by atoms with van der Waals surface area (Å²) in [6.45, 7) is 15.2. The number of hydrogen-bond acceptors (Lipinski definition) is 25. The van der Waals surface area contributed by atoms with E-state index in [1.807, 2.05) is 6.07 Å². The first-order chi connectivity index (χ1) is 44.5. The molecule has 27 atom stereocenters. The fourth-order valence-electron chi connectivity index (χ4n) is 12.6. The molecule has 6 aliphatic rings. The lowest BCUT2D eigenvalue weighted by molar-refractivity contribution is -0.399. The van der Waals surface area contributed by atoms with Gasteiger partial charge in [0.25, 0.3) is 0 Å². The number of aliphatic hydroxyl groups excluding tert-OH is 7. The zero-order valence-electron chi connectivity index (χ0n) is 55.8. The first-order valence-corrected chi connectivity index (χ1v) is 34.4. The van der Waals surface area contributed by atoms with Gasteiger partial charge in [-0.3, -0.25) is 14.4 Å². The number of hydrogen-bond donors (Lipinski definition) is 7. The van der Waals surface area contributed by atoms with Crippen LogP contribution in [0.4, 0.5) is 0 Å². The molecular weight excluding hydrogens is 1220 g/mol. The van der Waals surface area contributed by atoms with Gasteiger partial charge < -0.3 is 102 Å². The van der Waals surface area contributed by atoms with E-state index in [1.165, 1.54) is 26.8 Å². The van der Waals surface area contributed by atoms with Crippen LogP contribution in [0, 0.1) is 5.92 Å². The number of carbonyl (C=O) groups is 4. The van der Waals surface area contributed by atoms with Crippen LogP contribution in [0.3, 0.4) is 0 Å². The van der Waals surface area contributed by atoms with Crippen LogP contribution in [-0.4, -0.2) is 219 Å². The Morgan fingerprint density at radius 3 is 1.81 bits per heavy atom. The number of rotatable bonds is 23. The van der Waals surface area contributed by atoms with Crippen LogP contribution >= 0.6 is 0 Å². The van der Waals surface area contributed by atoms with Crippen molar-refractivity contribution in [2.75, 3.05) is 0 Å². The van der Waals surface area contributed by atoms with E-state index < -0.39 is 183 Å². The molecule has 0 spiro atoms. The van der Waals surface area contributed by atoms with E-state index >= 15 is 0 Å². The maximum Gasteiger partial charge on any atom is 0.331 e. The van der Waals surface area contributed by atoms with Gasteiger partial charge in [-0.05, 0) is 78.4 Å². The third-order valence-electron chi connectivity index (χ3n) is 18.6. The molecule has 1 aromatic carbocycles. The lowest BCUT2D eigenvalue weighted by Gasteiger charge is -2.51.